The Balaban J connectivity index is 4.58. The Bertz CT molecular complexity index is 1300. The molecule has 0 fully saturated rings. The molecule has 0 bridgehead atoms. The fraction of sp³-hybridized carbons (Fsp3) is 0.877. The number of hydrogen-bond acceptors (Lipinski definition) is 9. The predicted molar refractivity (Wildman–Crippen MR) is 282 cm³/mol. The molecule has 11 heteroatoms. The zero-order chi connectivity index (χ0) is 49.9. The molecule has 0 aliphatic rings. The van der Waals surface area contributed by atoms with Crippen LogP contribution in [0.4, 0.5) is 0 Å². The van der Waals surface area contributed by atoms with Gasteiger partial charge in [-0.3, -0.25) is 18.9 Å². The van der Waals surface area contributed by atoms with E-state index >= 15 is 0 Å². The molecule has 1 N–H and O–H groups in total. The highest BCUT2D eigenvalue weighted by molar-refractivity contribution is 7.80. The van der Waals surface area contributed by atoms with Crippen molar-refractivity contribution in [1.82, 2.24) is 0 Å². The van der Waals surface area contributed by atoms with Crippen molar-refractivity contribution in [2.45, 2.75) is 309 Å². The fourth-order valence-electron chi connectivity index (χ4n) is 8.47. The van der Waals surface area contributed by atoms with Crippen LogP contribution in [0.3, 0.4) is 0 Å². The van der Waals surface area contributed by atoms with Crippen molar-refractivity contribution in [3.8, 4) is 0 Å². The molecule has 0 aliphatic heterocycles. The van der Waals surface area contributed by atoms with Gasteiger partial charge < -0.3 is 14.2 Å². The number of carbonyl (C=O) groups excluding carboxylic acids is 3. The Labute approximate surface area is 419 Å². The van der Waals surface area contributed by atoms with Gasteiger partial charge in [0.15, 0.2) is 6.10 Å². The zero-order valence-corrected chi connectivity index (χ0v) is 45.1. The summed E-state index contributed by atoms with van der Waals surface area (Å²) < 4.78 is 53.7. The fourth-order valence-corrected chi connectivity index (χ4v) is 9.01. The Morgan fingerprint density at radius 2 is 0.662 bits per heavy atom. The van der Waals surface area contributed by atoms with E-state index in [1.54, 1.807) is 0 Å². The normalized spacial score (nSPS) is 12.8. The van der Waals surface area contributed by atoms with E-state index in [1.807, 2.05) is 0 Å². The van der Waals surface area contributed by atoms with E-state index in [2.05, 4.69) is 45.1 Å². The molecule has 2 atom stereocenters. The van der Waals surface area contributed by atoms with Crippen LogP contribution < -0.4 is 0 Å². The quantitative estimate of drug-likeness (QED) is 0.0206. The molecular formula is C57H106O10S. The number of allylic oxidation sites excluding steroid dienone is 4. The molecule has 0 aromatic carbocycles. The lowest BCUT2D eigenvalue weighted by Crippen LogP contribution is -2.30. The van der Waals surface area contributed by atoms with E-state index in [0.29, 0.717) is 25.7 Å². The molecule has 0 rings (SSSR count). The molecule has 0 aromatic rings. The maximum atomic E-state index is 12.9. The van der Waals surface area contributed by atoms with Crippen LogP contribution in [0.1, 0.15) is 297 Å². The molecule has 10 nitrogen and oxygen atoms in total. The van der Waals surface area contributed by atoms with Crippen molar-refractivity contribution in [3.63, 3.8) is 0 Å². The third kappa shape index (κ3) is 51.6. The van der Waals surface area contributed by atoms with Crippen molar-refractivity contribution < 1.29 is 45.7 Å². The van der Waals surface area contributed by atoms with E-state index in [0.717, 1.165) is 122 Å². The summed E-state index contributed by atoms with van der Waals surface area (Å²) >= 11 is 0. The van der Waals surface area contributed by atoms with Crippen molar-refractivity contribution in [2.75, 3.05) is 13.2 Å². The second-order valence-electron chi connectivity index (χ2n) is 19.5. The van der Waals surface area contributed by atoms with Gasteiger partial charge in [0.25, 0.3) is 0 Å². The highest BCUT2D eigenvalue weighted by atomic mass is 32.3. The molecule has 0 saturated heterocycles. The van der Waals surface area contributed by atoms with Gasteiger partial charge in [0.05, 0.1) is 6.10 Å². The average Bonchev–Trinajstić information content (AvgIpc) is 3.31. The summed E-state index contributed by atoms with van der Waals surface area (Å²) in [6.45, 7) is 6.39. The first-order chi connectivity index (χ1) is 33.1. The second kappa shape index (κ2) is 51.1. The number of unbranched alkanes of at least 4 members (excludes halogenated alkanes) is 32. The maximum absolute atomic E-state index is 12.9. The smallest absolute Gasteiger partial charge is 0.397 e. The molecule has 68 heavy (non-hydrogen) atoms. The Kier molecular flexibility index (Phi) is 49.4. The molecule has 400 valence electrons. The molecule has 0 aromatic heterocycles. The summed E-state index contributed by atoms with van der Waals surface area (Å²) in [6, 6.07) is 0. The third-order valence-electron chi connectivity index (χ3n) is 12.7. The van der Waals surface area contributed by atoms with E-state index in [1.165, 1.54) is 116 Å². The number of hydrogen-bond donors (Lipinski definition) is 1. The maximum Gasteiger partial charge on any atom is 0.397 e. The molecule has 0 amide bonds. The predicted octanol–water partition coefficient (Wildman–Crippen LogP) is 17.1. The van der Waals surface area contributed by atoms with Gasteiger partial charge in [-0.15, -0.1) is 0 Å². The van der Waals surface area contributed by atoms with E-state index in [-0.39, 0.29) is 44.0 Å². The van der Waals surface area contributed by atoms with Crippen LogP contribution >= 0.6 is 0 Å². The SMILES string of the molecule is CCCCCCCC/C=C\CCCCCCCC(=O)OCC(COC(=O)CCCCCCCCC(CCCCCCCC)OS(=O)(=O)O)OC(=O)CCCCCCC/C=C\CCCCCCCC. The minimum Gasteiger partial charge on any atom is -0.462 e. The van der Waals surface area contributed by atoms with Crippen LogP contribution in [0.25, 0.3) is 0 Å². The topological polar surface area (TPSA) is 142 Å². The second-order valence-corrected chi connectivity index (χ2v) is 20.6. The highest BCUT2D eigenvalue weighted by Crippen LogP contribution is 2.19. The van der Waals surface area contributed by atoms with Gasteiger partial charge in [0, 0.05) is 19.3 Å². The van der Waals surface area contributed by atoms with Gasteiger partial charge >= 0.3 is 28.3 Å². The number of esters is 3. The zero-order valence-electron chi connectivity index (χ0n) is 44.3. The summed E-state index contributed by atoms with van der Waals surface area (Å²) in [4.78, 5) is 38.2. The molecule has 0 heterocycles. The van der Waals surface area contributed by atoms with Crippen LogP contribution in [-0.2, 0) is 43.2 Å². The van der Waals surface area contributed by atoms with Gasteiger partial charge in [0.1, 0.15) is 13.2 Å². The molecular weight excluding hydrogens is 877 g/mol. The number of rotatable bonds is 53. The van der Waals surface area contributed by atoms with Gasteiger partial charge in [-0.2, -0.15) is 8.42 Å². The van der Waals surface area contributed by atoms with Gasteiger partial charge in [-0.25, -0.2) is 4.18 Å². The van der Waals surface area contributed by atoms with Crippen LogP contribution in [0.15, 0.2) is 24.3 Å². The van der Waals surface area contributed by atoms with Gasteiger partial charge in [-0.1, -0.05) is 218 Å². The molecule has 0 spiro atoms. The minimum atomic E-state index is -4.48. The summed E-state index contributed by atoms with van der Waals surface area (Å²) in [5, 5.41) is 0. The minimum absolute atomic E-state index is 0.135. The van der Waals surface area contributed by atoms with E-state index < -0.39 is 22.6 Å². The van der Waals surface area contributed by atoms with E-state index in [9.17, 15) is 27.4 Å². The molecule has 0 radical (unpaired) electrons. The largest absolute Gasteiger partial charge is 0.462 e. The standard InChI is InChI=1S/C57H106O10S/c1-4-7-10-13-16-18-20-22-24-26-28-30-32-38-43-48-55(58)64-51-54(66-57(60)50-45-40-33-31-29-27-25-23-21-19-17-14-11-8-5-2)52-65-56(59)49-44-39-35-34-37-42-47-53(67-68(61,62)63)46-41-36-15-12-9-6-3/h22-25,53-54H,4-21,26-52H2,1-3H3,(H,61,62,63)/b24-22-,25-23-. The summed E-state index contributed by atoms with van der Waals surface area (Å²) in [7, 11) is -4.48. The van der Waals surface area contributed by atoms with Crippen LogP contribution in [0.5, 0.6) is 0 Å². The summed E-state index contributed by atoms with van der Waals surface area (Å²) in [5.74, 6) is -1.07. The number of carbonyl (C=O) groups is 3. The van der Waals surface area contributed by atoms with Crippen molar-refractivity contribution in [1.29, 1.82) is 0 Å². The van der Waals surface area contributed by atoms with Crippen LogP contribution in [0.2, 0.25) is 0 Å². The van der Waals surface area contributed by atoms with Crippen molar-refractivity contribution in [3.05, 3.63) is 24.3 Å². The molecule has 0 aliphatic carbocycles. The van der Waals surface area contributed by atoms with Gasteiger partial charge in [-0.05, 0) is 83.5 Å². The van der Waals surface area contributed by atoms with Crippen molar-refractivity contribution >= 4 is 28.3 Å². The highest BCUT2D eigenvalue weighted by Gasteiger charge is 2.20. The number of ether oxygens (including phenoxy) is 3. The Morgan fingerprint density at radius 1 is 0.382 bits per heavy atom. The Hall–Kier alpha value is -2.24. The Morgan fingerprint density at radius 3 is 0.985 bits per heavy atom. The lowest BCUT2D eigenvalue weighted by molar-refractivity contribution is -0.167. The average molecular weight is 984 g/mol. The first-order valence-corrected chi connectivity index (χ1v) is 29.9. The summed E-state index contributed by atoms with van der Waals surface area (Å²) in [6.07, 6.45) is 52.4. The molecule has 2 unspecified atom stereocenters. The lowest BCUT2D eigenvalue weighted by atomic mass is 10.0. The first-order valence-electron chi connectivity index (χ1n) is 28.6. The van der Waals surface area contributed by atoms with Gasteiger partial charge in [0.2, 0.25) is 0 Å². The third-order valence-corrected chi connectivity index (χ3v) is 13.3. The van der Waals surface area contributed by atoms with Crippen LogP contribution in [-0.4, -0.2) is 56.3 Å². The molecule has 0 saturated carbocycles. The summed E-state index contributed by atoms with van der Waals surface area (Å²) in [5.41, 5.74) is 0. The monoisotopic (exact) mass is 983 g/mol. The first kappa shape index (κ1) is 65.8. The van der Waals surface area contributed by atoms with Crippen molar-refractivity contribution in [2.24, 2.45) is 0 Å². The van der Waals surface area contributed by atoms with Crippen LogP contribution in [0, 0.1) is 0 Å². The van der Waals surface area contributed by atoms with E-state index in [4.69, 9.17) is 18.4 Å². The lowest BCUT2D eigenvalue weighted by Gasteiger charge is -2.18.